The van der Waals surface area contributed by atoms with Crippen molar-refractivity contribution in [2.24, 2.45) is 0 Å². The Labute approximate surface area is 118 Å². The molecule has 18 heavy (non-hydrogen) atoms. The van der Waals surface area contributed by atoms with Crippen LogP contribution in [-0.4, -0.2) is 23.4 Å². The number of nitrogens with one attached hydrogen (secondary N) is 1. The van der Waals surface area contributed by atoms with Crippen LogP contribution in [0.3, 0.4) is 0 Å². The third-order valence-electron chi connectivity index (χ3n) is 2.45. The SMILES string of the molecule is C=CCN1C(=O)NC(=Cc2ccc(I)cc2)C1=O. The fourth-order valence-electron chi connectivity index (χ4n) is 1.59. The van der Waals surface area contributed by atoms with E-state index < -0.39 is 6.03 Å². The maximum atomic E-state index is 11.9. The Morgan fingerprint density at radius 3 is 2.56 bits per heavy atom. The van der Waals surface area contributed by atoms with Gasteiger partial charge in [0.25, 0.3) is 5.91 Å². The molecule has 0 spiro atoms. The monoisotopic (exact) mass is 354 g/mol. The highest BCUT2D eigenvalue weighted by Crippen LogP contribution is 2.15. The molecule has 3 amide bonds. The van der Waals surface area contributed by atoms with Crippen LogP contribution in [0.15, 0.2) is 42.6 Å². The third kappa shape index (κ3) is 2.61. The van der Waals surface area contributed by atoms with Crippen molar-refractivity contribution in [2.75, 3.05) is 6.54 Å². The van der Waals surface area contributed by atoms with E-state index in [0.29, 0.717) is 5.70 Å². The number of hydrogen-bond donors (Lipinski definition) is 1. The second kappa shape index (κ2) is 5.34. The molecule has 92 valence electrons. The molecule has 1 fully saturated rings. The van der Waals surface area contributed by atoms with Crippen LogP contribution in [0.1, 0.15) is 5.56 Å². The minimum atomic E-state index is -0.406. The van der Waals surface area contributed by atoms with E-state index in [4.69, 9.17) is 0 Å². The van der Waals surface area contributed by atoms with Crippen molar-refractivity contribution in [3.05, 3.63) is 51.8 Å². The lowest BCUT2D eigenvalue weighted by molar-refractivity contribution is -0.122. The highest BCUT2D eigenvalue weighted by molar-refractivity contribution is 14.1. The number of nitrogens with zero attached hydrogens (tertiary/aromatic N) is 1. The molecule has 0 radical (unpaired) electrons. The number of imide groups is 1. The van der Waals surface area contributed by atoms with Crippen LogP contribution in [-0.2, 0) is 4.79 Å². The topological polar surface area (TPSA) is 49.4 Å². The Hall–Kier alpha value is -1.63. The normalized spacial score (nSPS) is 17.2. The molecular formula is C13H11IN2O2. The summed E-state index contributed by atoms with van der Waals surface area (Å²) in [6.45, 7) is 3.73. The molecule has 0 atom stereocenters. The zero-order valence-corrected chi connectivity index (χ0v) is 11.7. The average molecular weight is 354 g/mol. The van der Waals surface area contributed by atoms with Gasteiger partial charge < -0.3 is 5.32 Å². The Morgan fingerprint density at radius 2 is 1.94 bits per heavy atom. The average Bonchev–Trinajstić information content (AvgIpc) is 2.60. The number of rotatable bonds is 3. The van der Waals surface area contributed by atoms with E-state index in [2.05, 4.69) is 34.5 Å². The molecule has 1 saturated heterocycles. The molecule has 0 aromatic heterocycles. The maximum absolute atomic E-state index is 11.9. The van der Waals surface area contributed by atoms with Gasteiger partial charge in [0.2, 0.25) is 0 Å². The predicted octanol–water partition coefficient (Wildman–Crippen LogP) is 2.37. The molecule has 1 aromatic carbocycles. The summed E-state index contributed by atoms with van der Waals surface area (Å²) in [6, 6.07) is 7.26. The van der Waals surface area contributed by atoms with E-state index in [-0.39, 0.29) is 12.5 Å². The highest BCUT2D eigenvalue weighted by Gasteiger charge is 2.32. The zero-order valence-electron chi connectivity index (χ0n) is 9.52. The maximum Gasteiger partial charge on any atom is 0.329 e. The molecule has 0 bridgehead atoms. The standard InChI is InChI=1S/C13H11IN2O2/c1-2-7-16-12(17)11(15-13(16)18)8-9-3-5-10(14)6-4-9/h2-6,8H,1,7H2,(H,15,18). The van der Waals surface area contributed by atoms with Crippen molar-refractivity contribution in [3.63, 3.8) is 0 Å². The van der Waals surface area contributed by atoms with Crippen molar-refractivity contribution < 1.29 is 9.59 Å². The second-order valence-electron chi connectivity index (χ2n) is 3.74. The lowest BCUT2D eigenvalue weighted by atomic mass is 10.2. The van der Waals surface area contributed by atoms with Gasteiger partial charge in [-0.15, -0.1) is 6.58 Å². The summed E-state index contributed by atoms with van der Waals surface area (Å²) in [5.41, 5.74) is 1.17. The number of hydrogen-bond acceptors (Lipinski definition) is 2. The van der Waals surface area contributed by atoms with Crippen LogP contribution in [0, 0.1) is 3.57 Å². The Balaban J connectivity index is 2.24. The minimum Gasteiger partial charge on any atom is -0.303 e. The molecule has 1 N–H and O–H groups in total. The lowest BCUT2D eigenvalue weighted by Gasteiger charge is -2.06. The van der Waals surface area contributed by atoms with Gasteiger partial charge in [-0.05, 0) is 46.4 Å². The number of amides is 3. The smallest absolute Gasteiger partial charge is 0.303 e. The molecule has 1 heterocycles. The summed E-state index contributed by atoms with van der Waals surface area (Å²) in [6.07, 6.45) is 3.19. The van der Waals surface area contributed by atoms with Crippen molar-refractivity contribution in [2.45, 2.75) is 0 Å². The molecule has 1 aromatic rings. The number of carbonyl (C=O) groups excluding carboxylic acids is 2. The van der Waals surface area contributed by atoms with Crippen LogP contribution < -0.4 is 5.32 Å². The molecule has 4 nitrogen and oxygen atoms in total. The third-order valence-corrected chi connectivity index (χ3v) is 3.17. The van der Waals surface area contributed by atoms with Crippen molar-refractivity contribution >= 4 is 40.6 Å². The number of halogens is 1. The minimum absolute atomic E-state index is 0.217. The van der Waals surface area contributed by atoms with Gasteiger partial charge in [0.1, 0.15) is 5.70 Å². The van der Waals surface area contributed by atoms with Crippen LogP contribution in [0.5, 0.6) is 0 Å². The van der Waals surface area contributed by atoms with Crippen molar-refractivity contribution in [3.8, 4) is 0 Å². The summed E-state index contributed by atoms with van der Waals surface area (Å²) in [4.78, 5) is 24.6. The van der Waals surface area contributed by atoms with Gasteiger partial charge in [0.05, 0.1) is 0 Å². The summed E-state index contributed by atoms with van der Waals surface area (Å²) < 4.78 is 1.12. The predicted molar refractivity (Wildman–Crippen MR) is 77.6 cm³/mol. The van der Waals surface area contributed by atoms with E-state index in [1.54, 1.807) is 6.08 Å². The lowest BCUT2D eigenvalue weighted by Crippen LogP contribution is -2.30. The molecular weight excluding hydrogens is 343 g/mol. The van der Waals surface area contributed by atoms with E-state index in [9.17, 15) is 9.59 Å². The fourth-order valence-corrected chi connectivity index (χ4v) is 1.95. The summed E-state index contributed by atoms with van der Waals surface area (Å²) in [7, 11) is 0. The van der Waals surface area contributed by atoms with Crippen LogP contribution in [0.25, 0.3) is 6.08 Å². The highest BCUT2D eigenvalue weighted by atomic mass is 127. The first-order valence-corrected chi connectivity index (χ1v) is 6.40. The van der Waals surface area contributed by atoms with Gasteiger partial charge in [-0.25, -0.2) is 4.79 Å². The fraction of sp³-hybridized carbons (Fsp3) is 0.0769. The Bertz CT molecular complexity index is 534. The largest absolute Gasteiger partial charge is 0.329 e. The first-order valence-electron chi connectivity index (χ1n) is 5.33. The molecule has 1 aliphatic heterocycles. The summed E-state index contributed by atoms with van der Waals surface area (Å²) in [5.74, 6) is -0.321. The van der Waals surface area contributed by atoms with Gasteiger partial charge in [-0.1, -0.05) is 18.2 Å². The van der Waals surface area contributed by atoms with Gasteiger partial charge in [-0.3, -0.25) is 9.69 Å². The van der Waals surface area contributed by atoms with Crippen molar-refractivity contribution in [1.82, 2.24) is 10.2 Å². The van der Waals surface area contributed by atoms with Gasteiger partial charge >= 0.3 is 6.03 Å². The van der Waals surface area contributed by atoms with E-state index in [0.717, 1.165) is 14.0 Å². The van der Waals surface area contributed by atoms with E-state index >= 15 is 0 Å². The Kier molecular flexibility index (Phi) is 3.81. The number of benzene rings is 1. The summed E-state index contributed by atoms with van der Waals surface area (Å²) in [5, 5.41) is 2.55. The number of urea groups is 1. The van der Waals surface area contributed by atoms with Gasteiger partial charge in [0, 0.05) is 10.1 Å². The first-order chi connectivity index (χ1) is 8.61. The first kappa shape index (κ1) is 12.8. The van der Waals surface area contributed by atoms with Crippen LogP contribution in [0.2, 0.25) is 0 Å². The number of carbonyl (C=O) groups is 2. The van der Waals surface area contributed by atoms with E-state index in [1.165, 1.54) is 6.08 Å². The quantitative estimate of drug-likeness (QED) is 0.392. The van der Waals surface area contributed by atoms with Gasteiger partial charge in [0.15, 0.2) is 0 Å². The molecule has 0 aliphatic carbocycles. The molecule has 5 heteroatoms. The van der Waals surface area contributed by atoms with Crippen LogP contribution in [0.4, 0.5) is 4.79 Å². The van der Waals surface area contributed by atoms with Gasteiger partial charge in [-0.2, -0.15) is 0 Å². The zero-order chi connectivity index (χ0) is 13.1. The second-order valence-corrected chi connectivity index (χ2v) is 4.99. The van der Waals surface area contributed by atoms with Crippen LogP contribution >= 0.6 is 22.6 Å². The molecule has 2 rings (SSSR count). The summed E-state index contributed by atoms with van der Waals surface area (Å²) >= 11 is 2.21. The molecule has 1 aliphatic rings. The molecule has 0 unspecified atom stereocenters. The van der Waals surface area contributed by atoms with E-state index in [1.807, 2.05) is 24.3 Å². The molecule has 0 saturated carbocycles. The van der Waals surface area contributed by atoms with Crippen molar-refractivity contribution in [1.29, 1.82) is 0 Å². The Morgan fingerprint density at radius 1 is 1.28 bits per heavy atom.